The van der Waals surface area contributed by atoms with Crippen LogP contribution in [0.25, 0.3) is 0 Å². The predicted molar refractivity (Wildman–Crippen MR) is 59.9 cm³/mol. The van der Waals surface area contributed by atoms with Gasteiger partial charge in [0.1, 0.15) is 0 Å². The molecule has 0 bridgehead atoms. The Labute approximate surface area is 93.7 Å². The van der Waals surface area contributed by atoms with Gasteiger partial charge in [-0.2, -0.15) is 0 Å². The number of carbonyl (C=O) groups is 1. The van der Waals surface area contributed by atoms with Crippen molar-refractivity contribution in [2.45, 2.75) is 6.92 Å². The third-order valence-electron chi connectivity index (χ3n) is 1.83. The Morgan fingerprint density at radius 2 is 2.07 bits per heavy atom. The summed E-state index contributed by atoms with van der Waals surface area (Å²) in [4.78, 5) is 16.4. The van der Waals surface area contributed by atoms with Crippen molar-refractivity contribution in [3.8, 4) is 0 Å². The van der Waals surface area contributed by atoms with E-state index in [1.807, 2.05) is 6.92 Å². The Kier molecular flexibility index (Phi) is 4.39. The van der Waals surface area contributed by atoms with Gasteiger partial charge in [-0.25, -0.2) is 9.86 Å². The zero-order valence-electron chi connectivity index (χ0n) is 8.66. The van der Waals surface area contributed by atoms with Crippen LogP contribution < -0.4 is 5.32 Å². The molecule has 0 aliphatic carbocycles. The van der Waals surface area contributed by atoms with Crippen LogP contribution in [0.3, 0.4) is 0 Å². The third kappa shape index (κ3) is 3.42. The van der Waals surface area contributed by atoms with Crippen LogP contribution in [0.15, 0.2) is 24.3 Å². The highest BCUT2D eigenvalue weighted by Gasteiger charge is 2.10. The topological polar surface area (TPSA) is 41.6 Å². The lowest BCUT2D eigenvalue weighted by Gasteiger charge is -2.17. The molecule has 0 heterocycles. The first kappa shape index (κ1) is 11.8. The average molecular weight is 229 g/mol. The highest BCUT2D eigenvalue weighted by molar-refractivity contribution is 6.30. The molecule has 1 aromatic rings. The molecule has 5 heteroatoms. The van der Waals surface area contributed by atoms with Crippen molar-refractivity contribution in [2.75, 3.05) is 19.0 Å². The molecule has 82 valence electrons. The predicted octanol–water partition coefficient (Wildman–Crippen LogP) is 2.76. The summed E-state index contributed by atoms with van der Waals surface area (Å²) >= 11 is 5.72. The molecular formula is C10H13ClN2O2. The summed E-state index contributed by atoms with van der Waals surface area (Å²) in [5, 5.41) is 4.52. The lowest BCUT2D eigenvalue weighted by Crippen LogP contribution is -2.33. The molecule has 1 rings (SSSR count). The molecule has 1 aromatic carbocycles. The Balaban J connectivity index is 2.61. The van der Waals surface area contributed by atoms with Gasteiger partial charge in [-0.3, -0.25) is 4.84 Å². The molecule has 0 aliphatic heterocycles. The molecule has 0 unspecified atom stereocenters. The van der Waals surface area contributed by atoms with Crippen molar-refractivity contribution in [2.24, 2.45) is 0 Å². The second kappa shape index (κ2) is 5.58. The smallest absolute Gasteiger partial charge is 0.306 e. The van der Waals surface area contributed by atoms with E-state index in [9.17, 15) is 4.79 Å². The molecule has 0 aromatic heterocycles. The lowest BCUT2D eigenvalue weighted by atomic mass is 10.3. The Morgan fingerprint density at radius 3 is 2.53 bits per heavy atom. The molecule has 2 amide bonds. The van der Waals surface area contributed by atoms with Gasteiger partial charge in [0.2, 0.25) is 0 Å². The summed E-state index contributed by atoms with van der Waals surface area (Å²) < 4.78 is 0. The molecule has 0 aliphatic rings. The van der Waals surface area contributed by atoms with Crippen LogP contribution in [0.4, 0.5) is 10.5 Å². The summed E-state index contributed by atoms with van der Waals surface area (Å²) in [5.41, 5.74) is 0.680. The molecule has 0 fully saturated rings. The van der Waals surface area contributed by atoms with E-state index in [4.69, 9.17) is 16.4 Å². The largest absolute Gasteiger partial charge is 0.345 e. The SMILES string of the molecule is CCN(OC)C(=O)Nc1ccc(Cl)cc1. The van der Waals surface area contributed by atoms with Crippen molar-refractivity contribution in [1.82, 2.24) is 5.06 Å². The molecule has 0 atom stereocenters. The van der Waals surface area contributed by atoms with E-state index in [0.717, 1.165) is 0 Å². The van der Waals surface area contributed by atoms with Crippen molar-refractivity contribution in [3.05, 3.63) is 29.3 Å². The number of hydroxylamine groups is 2. The number of hydrogen-bond acceptors (Lipinski definition) is 2. The van der Waals surface area contributed by atoms with E-state index in [0.29, 0.717) is 17.3 Å². The first-order valence-corrected chi connectivity index (χ1v) is 4.93. The Hall–Kier alpha value is -1.26. The highest BCUT2D eigenvalue weighted by Crippen LogP contribution is 2.13. The monoisotopic (exact) mass is 228 g/mol. The number of hydrogen-bond donors (Lipinski definition) is 1. The zero-order chi connectivity index (χ0) is 11.3. The van der Waals surface area contributed by atoms with E-state index >= 15 is 0 Å². The van der Waals surface area contributed by atoms with Crippen molar-refractivity contribution in [3.63, 3.8) is 0 Å². The van der Waals surface area contributed by atoms with E-state index in [2.05, 4.69) is 5.32 Å². The van der Waals surface area contributed by atoms with Crippen LogP contribution in [-0.4, -0.2) is 24.7 Å². The maximum atomic E-state index is 11.5. The van der Waals surface area contributed by atoms with Gasteiger partial charge in [0.15, 0.2) is 0 Å². The van der Waals surface area contributed by atoms with Gasteiger partial charge in [0, 0.05) is 17.3 Å². The fraction of sp³-hybridized carbons (Fsp3) is 0.300. The molecule has 0 radical (unpaired) electrons. The molecule has 0 saturated heterocycles. The minimum Gasteiger partial charge on any atom is -0.306 e. The van der Waals surface area contributed by atoms with Crippen molar-refractivity contribution < 1.29 is 9.63 Å². The molecule has 4 nitrogen and oxygen atoms in total. The van der Waals surface area contributed by atoms with Crippen LogP contribution in [0, 0.1) is 0 Å². The van der Waals surface area contributed by atoms with Gasteiger partial charge in [-0.1, -0.05) is 11.6 Å². The number of halogens is 1. The second-order valence-corrected chi connectivity index (χ2v) is 3.25. The molecule has 1 N–H and O–H groups in total. The van der Waals surface area contributed by atoms with E-state index in [1.54, 1.807) is 24.3 Å². The van der Waals surface area contributed by atoms with Gasteiger partial charge in [-0.15, -0.1) is 0 Å². The number of urea groups is 1. The third-order valence-corrected chi connectivity index (χ3v) is 2.08. The number of carbonyl (C=O) groups excluding carboxylic acids is 1. The van der Waals surface area contributed by atoms with Crippen LogP contribution in [0.2, 0.25) is 5.02 Å². The number of rotatable bonds is 3. The number of anilines is 1. The normalized spacial score (nSPS) is 9.80. The van der Waals surface area contributed by atoms with E-state index in [1.165, 1.54) is 12.2 Å². The van der Waals surface area contributed by atoms with Crippen LogP contribution in [0.1, 0.15) is 6.92 Å². The minimum atomic E-state index is -0.303. The van der Waals surface area contributed by atoms with Crippen LogP contribution >= 0.6 is 11.6 Å². The quantitative estimate of drug-likeness (QED) is 0.809. The summed E-state index contributed by atoms with van der Waals surface area (Å²) in [6.07, 6.45) is 0. The highest BCUT2D eigenvalue weighted by atomic mass is 35.5. The fourth-order valence-electron chi connectivity index (χ4n) is 1.07. The first-order chi connectivity index (χ1) is 7.17. The van der Waals surface area contributed by atoms with Gasteiger partial charge in [0.25, 0.3) is 0 Å². The standard InChI is InChI=1S/C10H13ClN2O2/c1-3-13(15-2)10(14)12-9-6-4-8(11)5-7-9/h4-7H,3H2,1-2H3,(H,12,14). The first-order valence-electron chi connectivity index (χ1n) is 4.55. The number of amides is 2. The maximum absolute atomic E-state index is 11.5. The summed E-state index contributed by atoms with van der Waals surface area (Å²) in [6.45, 7) is 2.31. The molecular weight excluding hydrogens is 216 g/mol. The zero-order valence-corrected chi connectivity index (χ0v) is 9.41. The number of nitrogens with zero attached hydrogens (tertiary/aromatic N) is 1. The van der Waals surface area contributed by atoms with Crippen LogP contribution in [-0.2, 0) is 4.84 Å². The minimum absolute atomic E-state index is 0.303. The lowest BCUT2D eigenvalue weighted by molar-refractivity contribution is -0.0775. The summed E-state index contributed by atoms with van der Waals surface area (Å²) in [6, 6.07) is 6.57. The summed E-state index contributed by atoms with van der Waals surface area (Å²) in [5.74, 6) is 0. The number of nitrogens with one attached hydrogen (secondary N) is 1. The van der Waals surface area contributed by atoms with Gasteiger partial charge in [-0.05, 0) is 31.2 Å². The van der Waals surface area contributed by atoms with Crippen molar-refractivity contribution in [1.29, 1.82) is 0 Å². The maximum Gasteiger partial charge on any atom is 0.345 e. The molecule has 15 heavy (non-hydrogen) atoms. The van der Waals surface area contributed by atoms with Gasteiger partial charge >= 0.3 is 6.03 Å². The summed E-state index contributed by atoms with van der Waals surface area (Å²) in [7, 11) is 1.45. The Bertz CT molecular complexity index is 323. The van der Waals surface area contributed by atoms with Gasteiger partial charge in [0.05, 0.1) is 7.11 Å². The fourth-order valence-corrected chi connectivity index (χ4v) is 1.20. The molecule has 0 saturated carbocycles. The average Bonchev–Trinajstić information content (AvgIpc) is 2.23. The van der Waals surface area contributed by atoms with Crippen LogP contribution in [0.5, 0.6) is 0 Å². The Morgan fingerprint density at radius 1 is 1.47 bits per heavy atom. The van der Waals surface area contributed by atoms with Crippen molar-refractivity contribution >= 4 is 23.3 Å². The molecule has 0 spiro atoms. The van der Waals surface area contributed by atoms with E-state index < -0.39 is 0 Å². The van der Waals surface area contributed by atoms with E-state index in [-0.39, 0.29) is 6.03 Å². The second-order valence-electron chi connectivity index (χ2n) is 2.81. The van der Waals surface area contributed by atoms with Gasteiger partial charge < -0.3 is 5.32 Å². The number of benzene rings is 1.